The molecule has 1 N–H and O–H groups in total. The Hall–Kier alpha value is -2.05. The fraction of sp³-hybridized carbons (Fsp3) is 0.333. The Labute approximate surface area is 153 Å². The molecule has 2 aromatic rings. The largest absolute Gasteiger partial charge is 0.478 e. The lowest BCUT2D eigenvalue weighted by Crippen LogP contribution is -2.30. The number of pyridine rings is 1. The molecular weight excluding hydrogens is 338 g/mol. The molecule has 0 radical (unpaired) electrons. The number of carbonyl (C=O) groups is 1. The predicted octanol–water partition coefficient (Wildman–Crippen LogP) is 2.74. The molecule has 0 spiro atoms. The molecule has 1 saturated heterocycles. The highest BCUT2D eigenvalue weighted by molar-refractivity contribution is 6.31. The van der Waals surface area contributed by atoms with Crippen LogP contribution in [-0.4, -0.2) is 41.9 Å². The molecule has 1 aliphatic rings. The van der Waals surface area contributed by atoms with Gasteiger partial charge in [-0.2, -0.15) is 0 Å². The van der Waals surface area contributed by atoms with Crippen molar-refractivity contribution in [2.24, 2.45) is 0 Å². The van der Waals surface area contributed by atoms with E-state index in [-0.39, 0.29) is 12.2 Å². The van der Waals surface area contributed by atoms with Gasteiger partial charge in [-0.3, -0.25) is 0 Å². The number of piperidine rings is 1. The van der Waals surface area contributed by atoms with Crippen molar-refractivity contribution < 1.29 is 14.6 Å². The number of carboxylic acid groups (broad SMARTS) is 1. The van der Waals surface area contributed by atoms with E-state index in [0.717, 1.165) is 37.2 Å². The van der Waals surface area contributed by atoms with Crippen molar-refractivity contribution in [2.45, 2.75) is 25.4 Å². The lowest BCUT2D eigenvalue weighted by Gasteiger charge is -2.29. The van der Waals surface area contributed by atoms with Gasteiger partial charge < -0.3 is 14.7 Å². The van der Waals surface area contributed by atoms with Crippen LogP contribution in [0.1, 0.15) is 40.4 Å². The van der Waals surface area contributed by atoms with Gasteiger partial charge in [0.15, 0.2) is 7.98 Å². The SMILES string of the molecule is BN1CCC(c2cccc(OCc3ccc(C(=O)O)cc3Cl)n2)CC1. The molecule has 0 atom stereocenters. The number of halogens is 1. The lowest BCUT2D eigenvalue weighted by molar-refractivity contribution is 0.0697. The third-order valence-electron chi connectivity index (χ3n) is 4.56. The molecule has 0 amide bonds. The van der Waals surface area contributed by atoms with Crippen molar-refractivity contribution in [2.75, 3.05) is 13.1 Å². The van der Waals surface area contributed by atoms with Crippen LogP contribution in [0, 0.1) is 0 Å². The quantitative estimate of drug-likeness (QED) is 0.833. The number of benzene rings is 1. The van der Waals surface area contributed by atoms with Crippen LogP contribution in [0.3, 0.4) is 0 Å². The molecule has 3 rings (SSSR count). The first-order valence-corrected chi connectivity index (χ1v) is 8.71. The first-order chi connectivity index (χ1) is 12.0. The van der Waals surface area contributed by atoms with Crippen molar-refractivity contribution >= 4 is 25.6 Å². The van der Waals surface area contributed by atoms with E-state index in [1.165, 1.54) is 12.1 Å². The van der Waals surface area contributed by atoms with Gasteiger partial charge in [0, 0.05) is 28.3 Å². The predicted molar refractivity (Wildman–Crippen MR) is 99.1 cm³/mol. The molecular formula is C18H20BClN2O3. The van der Waals surface area contributed by atoms with Crippen LogP contribution in [0.2, 0.25) is 5.02 Å². The summed E-state index contributed by atoms with van der Waals surface area (Å²) in [5.74, 6) is 0.0369. The molecule has 25 heavy (non-hydrogen) atoms. The third-order valence-corrected chi connectivity index (χ3v) is 4.91. The molecule has 2 heterocycles. The summed E-state index contributed by atoms with van der Waals surface area (Å²) in [4.78, 5) is 17.9. The second kappa shape index (κ2) is 7.89. The number of hydrogen-bond donors (Lipinski definition) is 1. The number of aromatic carboxylic acids is 1. The van der Waals surface area contributed by atoms with Gasteiger partial charge in [-0.05, 0) is 44.1 Å². The molecule has 7 heteroatoms. The Balaban J connectivity index is 1.66. The van der Waals surface area contributed by atoms with E-state index < -0.39 is 5.97 Å². The maximum absolute atomic E-state index is 10.9. The second-order valence-corrected chi connectivity index (χ2v) is 6.79. The number of carboxylic acids is 1. The van der Waals surface area contributed by atoms with E-state index in [9.17, 15) is 4.79 Å². The van der Waals surface area contributed by atoms with Crippen LogP contribution in [0.25, 0.3) is 0 Å². The fourth-order valence-corrected chi connectivity index (χ4v) is 3.23. The highest BCUT2D eigenvalue weighted by Gasteiger charge is 2.19. The van der Waals surface area contributed by atoms with Crippen LogP contribution in [-0.2, 0) is 6.61 Å². The average molecular weight is 359 g/mol. The number of ether oxygens (including phenoxy) is 1. The minimum absolute atomic E-state index is 0.163. The summed E-state index contributed by atoms with van der Waals surface area (Å²) in [5.41, 5.74) is 1.97. The second-order valence-electron chi connectivity index (χ2n) is 6.38. The van der Waals surface area contributed by atoms with Gasteiger partial charge in [-0.25, -0.2) is 9.78 Å². The number of aromatic nitrogens is 1. The van der Waals surface area contributed by atoms with Crippen LogP contribution < -0.4 is 4.74 Å². The van der Waals surface area contributed by atoms with Gasteiger partial charge in [0.1, 0.15) is 6.61 Å². The van der Waals surface area contributed by atoms with E-state index in [0.29, 0.717) is 16.8 Å². The zero-order chi connectivity index (χ0) is 17.8. The van der Waals surface area contributed by atoms with Gasteiger partial charge in [0.25, 0.3) is 0 Å². The average Bonchev–Trinajstić information content (AvgIpc) is 2.61. The molecule has 1 aromatic heterocycles. The fourth-order valence-electron chi connectivity index (χ4n) is 2.99. The molecule has 5 nitrogen and oxygen atoms in total. The minimum Gasteiger partial charge on any atom is -0.478 e. The molecule has 0 saturated carbocycles. The minimum atomic E-state index is -0.998. The van der Waals surface area contributed by atoms with Crippen molar-refractivity contribution in [3.8, 4) is 5.88 Å². The van der Waals surface area contributed by atoms with Gasteiger partial charge in [-0.1, -0.05) is 23.7 Å². The first-order valence-electron chi connectivity index (χ1n) is 8.33. The van der Waals surface area contributed by atoms with E-state index in [1.54, 1.807) is 6.07 Å². The number of hydrogen-bond acceptors (Lipinski definition) is 4. The Morgan fingerprint density at radius 1 is 1.32 bits per heavy atom. The van der Waals surface area contributed by atoms with E-state index in [4.69, 9.17) is 21.4 Å². The molecule has 1 fully saturated rings. The smallest absolute Gasteiger partial charge is 0.335 e. The third kappa shape index (κ3) is 4.52. The van der Waals surface area contributed by atoms with Crippen LogP contribution in [0.5, 0.6) is 5.88 Å². The van der Waals surface area contributed by atoms with Crippen molar-refractivity contribution in [1.82, 2.24) is 9.79 Å². The topological polar surface area (TPSA) is 62.7 Å². The monoisotopic (exact) mass is 358 g/mol. The first kappa shape index (κ1) is 17.8. The van der Waals surface area contributed by atoms with Gasteiger partial charge in [0.2, 0.25) is 5.88 Å². The maximum Gasteiger partial charge on any atom is 0.335 e. The Morgan fingerprint density at radius 2 is 2.08 bits per heavy atom. The summed E-state index contributed by atoms with van der Waals surface area (Å²) in [6.45, 7) is 2.43. The zero-order valence-electron chi connectivity index (χ0n) is 14.1. The molecule has 1 aromatic carbocycles. The normalized spacial score (nSPS) is 15.9. The zero-order valence-corrected chi connectivity index (χ0v) is 14.9. The summed E-state index contributed by atoms with van der Waals surface area (Å²) < 4.78 is 5.77. The molecule has 0 unspecified atom stereocenters. The Kier molecular flexibility index (Phi) is 5.61. The Bertz CT molecular complexity index is 764. The van der Waals surface area contributed by atoms with E-state index in [1.807, 2.05) is 12.1 Å². The van der Waals surface area contributed by atoms with Gasteiger partial charge in [-0.15, -0.1) is 0 Å². The lowest BCUT2D eigenvalue weighted by atomic mass is 9.92. The molecule has 0 bridgehead atoms. The van der Waals surface area contributed by atoms with Crippen LogP contribution in [0.15, 0.2) is 36.4 Å². The summed E-state index contributed by atoms with van der Waals surface area (Å²) in [6.07, 6.45) is 2.21. The van der Waals surface area contributed by atoms with E-state index >= 15 is 0 Å². The van der Waals surface area contributed by atoms with Crippen molar-refractivity contribution in [3.63, 3.8) is 0 Å². The van der Waals surface area contributed by atoms with Crippen LogP contribution in [0.4, 0.5) is 0 Å². The van der Waals surface area contributed by atoms with E-state index in [2.05, 4.69) is 23.8 Å². The highest BCUT2D eigenvalue weighted by Crippen LogP contribution is 2.27. The number of rotatable bonds is 5. The standard InChI is InChI=1S/C18H20BClN2O3/c19-22-8-6-12(7-9-22)16-2-1-3-17(21-16)25-11-14-5-4-13(18(23)24)10-15(14)20/h1-5,10,12H,6-9,11,19H2,(H,23,24). The summed E-state index contributed by atoms with van der Waals surface area (Å²) in [7, 11) is 2.14. The van der Waals surface area contributed by atoms with Crippen molar-refractivity contribution in [1.29, 1.82) is 0 Å². The molecule has 130 valence electrons. The summed E-state index contributed by atoms with van der Waals surface area (Å²) >= 11 is 6.14. The number of nitrogens with zero attached hydrogens (tertiary/aromatic N) is 2. The van der Waals surface area contributed by atoms with Gasteiger partial charge >= 0.3 is 5.97 Å². The molecule has 1 aliphatic heterocycles. The highest BCUT2D eigenvalue weighted by atomic mass is 35.5. The van der Waals surface area contributed by atoms with Crippen LogP contribution >= 0.6 is 11.6 Å². The summed E-state index contributed by atoms with van der Waals surface area (Å²) in [6, 6.07) is 10.5. The van der Waals surface area contributed by atoms with Gasteiger partial charge in [0.05, 0.1) is 5.56 Å². The maximum atomic E-state index is 10.9. The summed E-state index contributed by atoms with van der Waals surface area (Å²) in [5, 5.41) is 9.36. The molecule has 0 aliphatic carbocycles. The van der Waals surface area contributed by atoms with Crippen molar-refractivity contribution in [3.05, 3.63) is 58.2 Å². The Morgan fingerprint density at radius 3 is 2.76 bits per heavy atom.